The lowest BCUT2D eigenvalue weighted by atomic mass is 10.1. The number of hydrogen-bond acceptors (Lipinski definition) is 3. The Morgan fingerprint density at radius 1 is 1.46 bits per heavy atom. The topological polar surface area (TPSA) is 119 Å². The number of carbonyl (C=O) groups excluding carboxylic acids is 1. The third-order valence-corrected chi connectivity index (χ3v) is 1.68. The predicted octanol–water partition coefficient (Wildman–Crippen LogP) is -2.41. The van der Waals surface area contributed by atoms with Crippen LogP contribution >= 0.6 is 0 Å². The van der Waals surface area contributed by atoms with Gasteiger partial charge in [0.1, 0.15) is 0 Å². The van der Waals surface area contributed by atoms with E-state index in [2.05, 4.69) is 16.2 Å². The van der Waals surface area contributed by atoms with E-state index in [4.69, 9.17) is 5.11 Å². The summed E-state index contributed by atoms with van der Waals surface area (Å²) < 4.78 is 4.52. The van der Waals surface area contributed by atoms with E-state index in [9.17, 15) is 9.59 Å². The molecule has 0 saturated carbocycles. The molecule has 0 rings (SSSR count). The normalized spacial score (nSPS) is 14.6. The molecule has 0 aliphatic heterocycles. The summed E-state index contributed by atoms with van der Waals surface area (Å²) in [5.74, 6) is -0.906. The van der Waals surface area contributed by atoms with Gasteiger partial charge in [-0.05, 0) is 6.42 Å². The highest BCUT2D eigenvalue weighted by molar-refractivity contribution is 5.71. The average Bonchev–Trinajstić information content (AvgIpc) is 2.04. The number of ether oxygens (including phenoxy) is 1. The van der Waals surface area contributed by atoms with Crippen LogP contribution in [0.15, 0.2) is 0 Å². The van der Waals surface area contributed by atoms with Crippen LogP contribution in [0.5, 0.6) is 0 Å². The van der Waals surface area contributed by atoms with Gasteiger partial charge < -0.3 is 21.3 Å². The van der Waals surface area contributed by atoms with Gasteiger partial charge in [0, 0.05) is 12.8 Å². The number of carboxylic acids is 1. The zero-order chi connectivity index (χ0) is 10.3. The minimum atomic E-state index is -0.906. The molecule has 2 unspecified atom stereocenters. The van der Waals surface area contributed by atoms with Gasteiger partial charge in [-0.25, -0.2) is 4.79 Å². The zero-order valence-electron chi connectivity index (χ0n) is 7.44. The summed E-state index contributed by atoms with van der Waals surface area (Å²) in [7, 11) is 0. The Hall–Kier alpha value is -1.14. The molecule has 0 radical (unpaired) electrons. The van der Waals surface area contributed by atoms with E-state index >= 15 is 0 Å². The van der Waals surface area contributed by atoms with Crippen LogP contribution in [0.25, 0.3) is 0 Å². The molecule has 0 aromatic carbocycles. The second kappa shape index (κ2) is 6.38. The van der Waals surface area contributed by atoms with Gasteiger partial charge >= 0.3 is 5.97 Å². The molecule has 0 spiro atoms. The number of aliphatic carboxylic acids is 1. The fourth-order valence-electron chi connectivity index (χ4n) is 0.862. The first-order valence-corrected chi connectivity index (χ1v) is 4.06. The molecule has 2 atom stereocenters. The lowest BCUT2D eigenvalue weighted by Gasteiger charge is -2.06. The van der Waals surface area contributed by atoms with E-state index in [0.717, 1.165) is 0 Å². The van der Waals surface area contributed by atoms with Gasteiger partial charge in [0.25, 0.3) is 6.47 Å². The van der Waals surface area contributed by atoms with Gasteiger partial charge in [-0.3, -0.25) is 4.79 Å². The van der Waals surface area contributed by atoms with E-state index in [-0.39, 0.29) is 0 Å². The smallest absolute Gasteiger partial charge is 0.362 e. The second-order valence-corrected chi connectivity index (χ2v) is 2.82. The van der Waals surface area contributed by atoms with Crippen LogP contribution in [-0.2, 0) is 14.3 Å². The largest absolute Gasteiger partial charge is 0.477 e. The molecule has 6 nitrogen and oxygen atoms in total. The summed E-state index contributed by atoms with van der Waals surface area (Å²) in [6.45, 7) is 0.344. The van der Waals surface area contributed by atoms with Gasteiger partial charge in [0.05, 0.1) is 0 Å². The van der Waals surface area contributed by atoms with E-state index in [1.54, 1.807) is 0 Å². The Bertz CT molecular complexity index is 174. The van der Waals surface area contributed by atoms with Crippen molar-refractivity contribution in [2.45, 2.75) is 31.5 Å². The Balaban J connectivity index is 3.44. The number of rotatable bonds is 7. The van der Waals surface area contributed by atoms with Crippen molar-refractivity contribution >= 4 is 12.4 Å². The maximum Gasteiger partial charge on any atom is 0.362 e. The predicted molar refractivity (Wildman–Crippen MR) is 42.0 cm³/mol. The van der Waals surface area contributed by atoms with Gasteiger partial charge in [0.2, 0.25) is 6.23 Å². The van der Waals surface area contributed by atoms with E-state index in [0.29, 0.717) is 25.7 Å². The molecule has 6 heteroatoms. The van der Waals surface area contributed by atoms with Crippen molar-refractivity contribution in [3.8, 4) is 0 Å². The molecule has 0 saturated heterocycles. The van der Waals surface area contributed by atoms with E-state index < -0.39 is 18.2 Å². The van der Waals surface area contributed by atoms with Crippen molar-refractivity contribution < 1.29 is 30.9 Å². The maximum absolute atomic E-state index is 10.3. The van der Waals surface area contributed by atoms with Crippen molar-refractivity contribution in [1.29, 1.82) is 0 Å². The number of carbonyl (C=O) groups is 2. The summed E-state index contributed by atoms with van der Waals surface area (Å²) in [6, 6.07) is -0.594. The molecule has 0 bridgehead atoms. The first-order chi connectivity index (χ1) is 6.07. The summed E-state index contributed by atoms with van der Waals surface area (Å²) in [4.78, 5) is 20.2. The van der Waals surface area contributed by atoms with Crippen LogP contribution in [-0.4, -0.2) is 29.8 Å². The molecule has 7 N–H and O–H groups in total. The SMILES string of the molecule is [NH3+]C(CCCC([NH3+])C(=O)O)OC=O. The molecular weight excluding hydrogens is 176 g/mol. The molecule has 0 aromatic rings. The first kappa shape index (κ1) is 11.9. The van der Waals surface area contributed by atoms with Crippen molar-refractivity contribution in [1.82, 2.24) is 0 Å². The Labute approximate surface area is 75.8 Å². The molecule has 0 aromatic heterocycles. The van der Waals surface area contributed by atoms with Crippen LogP contribution in [0.4, 0.5) is 0 Å². The van der Waals surface area contributed by atoms with Crippen LogP contribution in [0.1, 0.15) is 19.3 Å². The fourth-order valence-corrected chi connectivity index (χ4v) is 0.862. The summed E-state index contributed by atoms with van der Waals surface area (Å²) in [5, 5.41) is 8.49. The van der Waals surface area contributed by atoms with E-state index in [1.807, 2.05) is 0 Å². The zero-order valence-corrected chi connectivity index (χ0v) is 7.44. The van der Waals surface area contributed by atoms with Crippen LogP contribution in [0.2, 0.25) is 0 Å². The fraction of sp³-hybridized carbons (Fsp3) is 0.714. The van der Waals surface area contributed by atoms with Gasteiger partial charge in [-0.15, -0.1) is 0 Å². The molecule has 0 amide bonds. The number of quaternary nitrogens is 2. The van der Waals surface area contributed by atoms with Crippen molar-refractivity contribution in [3.63, 3.8) is 0 Å². The van der Waals surface area contributed by atoms with Crippen molar-refractivity contribution in [2.75, 3.05) is 0 Å². The highest BCUT2D eigenvalue weighted by Crippen LogP contribution is 2.00. The Kier molecular flexibility index (Phi) is 5.82. The Morgan fingerprint density at radius 3 is 2.54 bits per heavy atom. The molecule has 76 valence electrons. The lowest BCUT2D eigenvalue weighted by molar-refractivity contribution is -0.480. The molecular formula is C7H16N2O4+2. The molecule has 0 heterocycles. The summed E-state index contributed by atoms with van der Waals surface area (Å²) in [6.07, 6.45) is 1.29. The standard InChI is InChI=1S/C7H14N2O4/c8-5(7(11)12)2-1-3-6(9)13-4-10/h4-6H,1-3,8-9H2,(H,11,12)/p+2. The minimum Gasteiger partial charge on any atom is -0.477 e. The van der Waals surface area contributed by atoms with Gasteiger partial charge in [0.15, 0.2) is 6.04 Å². The second-order valence-electron chi connectivity index (χ2n) is 2.82. The monoisotopic (exact) mass is 192 g/mol. The Morgan fingerprint density at radius 2 is 2.08 bits per heavy atom. The van der Waals surface area contributed by atoms with Crippen molar-refractivity contribution in [2.24, 2.45) is 0 Å². The number of carboxylic acid groups (broad SMARTS) is 1. The first-order valence-electron chi connectivity index (χ1n) is 4.06. The summed E-state index contributed by atoms with van der Waals surface area (Å²) >= 11 is 0. The van der Waals surface area contributed by atoms with E-state index in [1.165, 1.54) is 0 Å². The van der Waals surface area contributed by atoms with Gasteiger partial charge in [-0.1, -0.05) is 0 Å². The highest BCUT2D eigenvalue weighted by Gasteiger charge is 2.16. The molecule has 13 heavy (non-hydrogen) atoms. The summed E-state index contributed by atoms with van der Waals surface area (Å²) in [5.41, 5.74) is 7.00. The van der Waals surface area contributed by atoms with Crippen LogP contribution < -0.4 is 11.5 Å². The third kappa shape index (κ3) is 6.06. The van der Waals surface area contributed by atoms with Crippen LogP contribution in [0.3, 0.4) is 0 Å². The van der Waals surface area contributed by atoms with Crippen molar-refractivity contribution in [3.05, 3.63) is 0 Å². The number of hydrogen-bond donors (Lipinski definition) is 3. The third-order valence-electron chi connectivity index (χ3n) is 1.68. The lowest BCUT2D eigenvalue weighted by Crippen LogP contribution is -2.65. The minimum absolute atomic E-state index is 0.344. The quantitative estimate of drug-likeness (QED) is 0.307. The molecule has 0 aliphatic rings. The maximum atomic E-state index is 10.3. The highest BCUT2D eigenvalue weighted by atomic mass is 16.5. The van der Waals surface area contributed by atoms with Gasteiger partial charge in [-0.2, -0.15) is 0 Å². The van der Waals surface area contributed by atoms with Crippen LogP contribution in [0, 0.1) is 0 Å². The molecule has 0 fully saturated rings. The average molecular weight is 192 g/mol. The molecule has 0 aliphatic carbocycles.